The van der Waals surface area contributed by atoms with Crippen LogP contribution in [0.15, 0.2) is 48.5 Å². The zero-order valence-electron chi connectivity index (χ0n) is 17.5. The molecular weight excluding hydrogens is 445 g/mol. The van der Waals surface area contributed by atoms with Gasteiger partial charge < -0.3 is 10.2 Å². The fourth-order valence-corrected chi connectivity index (χ4v) is 3.90. The Morgan fingerprint density at radius 2 is 1.81 bits per heavy atom. The van der Waals surface area contributed by atoms with Gasteiger partial charge in [-0.2, -0.15) is 0 Å². The molecule has 0 aromatic heterocycles. The van der Waals surface area contributed by atoms with Crippen molar-refractivity contribution in [1.29, 1.82) is 0 Å². The second-order valence-electron chi connectivity index (χ2n) is 6.97. The highest BCUT2D eigenvalue weighted by Crippen LogP contribution is 2.20. The first-order valence-corrected chi connectivity index (χ1v) is 11.8. The molecule has 168 valence electrons. The topological polar surface area (TPSA) is 86.8 Å². The van der Waals surface area contributed by atoms with Crippen molar-refractivity contribution >= 4 is 39.1 Å². The lowest BCUT2D eigenvalue weighted by molar-refractivity contribution is -0.139. The fourth-order valence-electron chi connectivity index (χ4n) is 2.94. The summed E-state index contributed by atoms with van der Waals surface area (Å²) in [4.78, 5) is 26.9. The van der Waals surface area contributed by atoms with Crippen molar-refractivity contribution in [2.45, 2.75) is 26.4 Å². The molecule has 0 bridgehead atoms. The van der Waals surface area contributed by atoms with Crippen LogP contribution < -0.4 is 9.62 Å². The Bertz CT molecular complexity index is 1030. The van der Waals surface area contributed by atoms with Crippen molar-refractivity contribution in [3.8, 4) is 0 Å². The minimum absolute atomic E-state index is 0.0213. The highest BCUT2D eigenvalue weighted by atomic mass is 35.5. The van der Waals surface area contributed by atoms with Crippen molar-refractivity contribution in [3.63, 3.8) is 0 Å². The second-order valence-corrected chi connectivity index (χ2v) is 9.31. The maximum atomic E-state index is 13.7. The SMILES string of the molecule is CCNC(=O)[C@H](C)N(Cc1ccc(Cl)cc1)C(=O)CN(c1cccc(F)c1)S(C)(=O)=O. The Morgan fingerprint density at radius 3 is 2.35 bits per heavy atom. The van der Waals surface area contributed by atoms with Gasteiger partial charge in [-0.25, -0.2) is 12.8 Å². The van der Waals surface area contributed by atoms with Gasteiger partial charge in [0.25, 0.3) is 0 Å². The summed E-state index contributed by atoms with van der Waals surface area (Å²) in [5.74, 6) is -1.61. The molecule has 0 radical (unpaired) electrons. The molecule has 2 rings (SSSR count). The van der Waals surface area contributed by atoms with Gasteiger partial charge in [-0.15, -0.1) is 0 Å². The van der Waals surface area contributed by atoms with E-state index in [0.29, 0.717) is 17.1 Å². The number of anilines is 1. The van der Waals surface area contributed by atoms with E-state index in [9.17, 15) is 22.4 Å². The summed E-state index contributed by atoms with van der Waals surface area (Å²) in [7, 11) is -3.90. The van der Waals surface area contributed by atoms with E-state index in [1.165, 1.54) is 23.1 Å². The molecule has 0 unspecified atom stereocenters. The first kappa shape index (κ1) is 24.6. The monoisotopic (exact) mass is 469 g/mol. The number of rotatable bonds is 9. The first-order valence-electron chi connectivity index (χ1n) is 9.57. The molecule has 0 fully saturated rings. The summed E-state index contributed by atoms with van der Waals surface area (Å²) in [6, 6.07) is 10.8. The molecule has 1 atom stereocenters. The van der Waals surface area contributed by atoms with E-state index in [-0.39, 0.29) is 18.1 Å². The highest BCUT2D eigenvalue weighted by Gasteiger charge is 2.30. The molecule has 0 heterocycles. The summed E-state index contributed by atoms with van der Waals surface area (Å²) in [6.45, 7) is 3.18. The third-order valence-electron chi connectivity index (χ3n) is 4.56. The van der Waals surface area contributed by atoms with Gasteiger partial charge in [0.15, 0.2) is 0 Å². The Kier molecular flexibility index (Phi) is 8.41. The molecule has 10 heteroatoms. The minimum atomic E-state index is -3.90. The minimum Gasteiger partial charge on any atom is -0.355 e. The Hall–Kier alpha value is -2.65. The van der Waals surface area contributed by atoms with E-state index in [1.807, 2.05) is 0 Å². The lowest BCUT2D eigenvalue weighted by Gasteiger charge is -2.31. The average molecular weight is 470 g/mol. The summed E-state index contributed by atoms with van der Waals surface area (Å²) in [5, 5.41) is 3.18. The number of hydrogen-bond donors (Lipinski definition) is 1. The number of likely N-dealkylation sites (N-methyl/N-ethyl adjacent to an activating group) is 1. The lowest BCUT2D eigenvalue weighted by Crippen LogP contribution is -2.51. The van der Waals surface area contributed by atoms with Crippen LogP contribution in [0.5, 0.6) is 0 Å². The first-order chi connectivity index (χ1) is 14.5. The molecule has 31 heavy (non-hydrogen) atoms. The van der Waals surface area contributed by atoms with Crippen LogP contribution >= 0.6 is 11.6 Å². The number of amides is 2. The Balaban J connectivity index is 2.37. The number of nitrogens with zero attached hydrogens (tertiary/aromatic N) is 2. The molecule has 0 aliphatic heterocycles. The number of nitrogens with one attached hydrogen (secondary N) is 1. The van der Waals surface area contributed by atoms with Crippen LogP contribution in [0.25, 0.3) is 0 Å². The van der Waals surface area contributed by atoms with E-state index >= 15 is 0 Å². The largest absolute Gasteiger partial charge is 0.355 e. The Labute approximate surface area is 186 Å². The third-order valence-corrected chi connectivity index (χ3v) is 5.95. The molecule has 7 nitrogen and oxygen atoms in total. The van der Waals surface area contributed by atoms with E-state index in [4.69, 9.17) is 11.6 Å². The normalized spacial score (nSPS) is 12.2. The number of benzene rings is 2. The molecule has 2 amide bonds. The van der Waals surface area contributed by atoms with Gasteiger partial charge >= 0.3 is 0 Å². The predicted octanol–water partition coefficient (Wildman–Crippen LogP) is 2.80. The second kappa shape index (κ2) is 10.6. The number of sulfonamides is 1. The molecular formula is C21H25ClFN3O4S. The van der Waals surface area contributed by atoms with Gasteiger partial charge in [0.05, 0.1) is 11.9 Å². The molecule has 2 aromatic rings. The molecule has 0 aliphatic carbocycles. The van der Waals surface area contributed by atoms with E-state index < -0.39 is 34.3 Å². The van der Waals surface area contributed by atoms with Gasteiger partial charge in [-0.3, -0.25) is 13.9 Å². The fraction of sp³-hybridized carbons (Fsp3) is 0.333. The molecule has 0 spiro atoms. The smallest absolute Gasteiger partial charge is 0.244 e. The molecule has 0 aliphatic rings. The van der Waals surface area contributed by atoms with Crippen LogP contribution in [-0.4, -0.2) is 50.5 Å². The molecule has 1 N–H and O–H groups in total. The standard InChI is InChI=1S/C21H25ClFN3O4S/c1-4-24-21(28)15(2)25(13-16-8-10-17(22)11-9-16)20(27)14-26(31(3,29)30)19-7-5-6-18(23)12-19/h5-12,15H,4,13-14H2,1-3H3,(H,24,28)/t15-/m0/s1. The zero-order valence-corrected chi connectivity index (χ0v) is 19.1. The van der Waals surface area contributed by atoms with Gasteiger partial charge in [0.2, 0.25) is 21.8 Å². The van der Waals surface area contributed by atoms with Crippen LogP contribution in [0, 0.1) is 5.82 Å². The van der Waals surface area contributed by atoms with E-state index in [0.717, 1.165) is 16.6 Å². The number of carbonyl (C=O) groups is 2. The summed E-state index contributed by atoms with van der Waals surface area (Å²) in [5.41, 5.74) is 0.735. The quantitative estimate of drug-likeness (QED) is 0.611. The molecule has 2 aromatic carbocycles. The van der Waals surface area contributed by atoms with Gasteiger partial charge in [0.1, 0.15) is 18.4 Å². The van der Waals surface area contributed by atoms with E-state index in [2.05, 4.69) is 5.32 Å². The number of hydrogen-bond acceptors (Lipinski definition) is 4. The lowest BCUT2D eigenvalue weighted by atomic mass is 10.1. The van der Waals surface area contributed by atoms with Crippen LogP contribution in [0.4, 0.5) is 10.1 Å². The summed E-state index contributed by atoms with van der Waals surface area (Å²) >= 11 is 5.92. The highest BCUT2D eigenvalue weighted by molar-refractivity contribution is 7.92. The van der Waals surface area contributed by atoms with Gasteiger partial charge in [-0.1, -0.05) is 29.8 Å². The van der Waals surface area contributed by atoms with Crippen LogP contribution in [-0.2, 0) is 26.2 Å². The van der Waals surface area contributed by atoms with Crippen molar-refractivity contribution in [2.75, 3.05) is 23.7 Å². The van der Waals surface area contributed by atoms with Crippen LogP contribution in [0.2, 0.25) is 5.02 Å². The van der Waals surface area contributed by atoms with Crippen LogP contribution in [0.1, 0.15) is 19.4 Å². The van der Waals surface area contributed by atoms with Crippen molar-refractivity contribution < 1.29 is 22.4 Å². The number of carbonyl (C=O) groups excluding carboxylic acids is 2. The number of halogens is 2. The summed E-state index contributed by atoms with van der Waals surface area (Å²) in [6.07, 6.45) is 0.932. The van der Waals surface area contributed by atoms with Gasteiger partial charge in [-0.05, 0) is 49.7 Å². The summed E-state index contributed by atoms with van der Waals surface area (Å²) < 4.78 is 39.2. The van der Waals surface area contributed by atoms with Crippen molar-refractivity contribution in [3.05, 3.63) is 64.9 Å². The maximum absolute atomic E-state index is 13.7. The predicted molar refractivity (Wildman–Crippen MR) is 119 cm³/mol. The van der Waals surface area contributed by atoms with Crippen molar-refractivity contribution in [2.24, 2.45) is 0 Å². The van der Waals surface area contributed by atoms with Gasteiger partial charge in [0, 0.05) is 18.1 Å². The third kappa shape index (κ3) is 6.93. The van der Waals surface area contributed by atoms with Crippen molar-refractivity contribution in [1.82, 2.24) is 10.2 Å². The Morgan fingerprint density at radius 1 is 1.16 bits per heavy atom. The van der Waals surface area contributed by atoms with E-state index in [1.54, 1.807) is 38.1 Å². The molecule has 0 saturated carbocycles. The zero-order chi connectivity index (χ0) is 23.2. The molecule has 0 saturated heterocycles. The average Bonchev–Trinajstić information content (AvgIpc) is 2.70. The maximum Gasteiger partial charge on any atom is 0.244 e. The van der Waals surface area contributed by atoms with Crippen LogP contribution in [0.3, 0.4) is 0 Å².